The van der Waals surface area contributed by atoms with Crippen molar-refractivity contribution < 1.29 is 0 Å². The van der Waals surface area contributed by atoms with Crippen LogP contribution < -0.4 is 5.73 Å². The van der Waals surface area contributed by atoms with Gasteiger partial charge in [-0.1, -0.05) is 31.9 Å². The molecule has 1 heterocycles. The van der Waals surface area contributed by atoms with E-state index in [2.05, 4.69) is 22.4 Å². The molecule has 4 heteroatoms. The van der Waals surface area contributed by atoms with Gasteiger partial charge in [-0.05, 0) is 29.3 Å². The molecule has 1 atom stereocenters. The Labute approximate surface area is 95.3 Å². The summed E-state index contributed by atoms with van der Waals surface area (Å²) in [6.07, 6.45) is 4.53. The van der Waals surface area contributed by atoms with E-state index >= 15 is 0 Å². The summed E-state index contributed by atoms with van der Waals surface area (Å²) in [6.45, 7) is 3.85. The van der Waals surface area contributed by atoms with Gasteiger partial charge in [-0.25, -0.2) is 0 Å². The Balaban J connectivity index is 2.33. The molecule has 2 rings (SSSR count). The van der Waals surface area contributed by atoms with Crippen molar-refractivity contribution in [3.05, 3.63) is 36.8 Å². The summed E-state index contributed by atoms with van der Waals surface area (Å²) in [5, 5.41) is 11.8. The maximum absolute atomic E-state index is 5.78. The van der Waals surface area contributed by atoms with Crippen LogP contribution >= 0.6 is 0 Å². The van der Waals surface area contributed by atoms with Gasteiger partial charge in [-0.3, -0.25) is 0 Å². The fraction of sp³-hybridized carbons (Fsp3) is 0.333. The highest BCUT2D eigenvalue weighted by molar-refractivity contribution is 5.74. The normalized spacial score (nSPS) is 22.8. The minimum Gasteiger partial charge on any atom is -0.399 e. The lowest BCUT2D eigenvalue weighted by Crippen LogP contribution is -2.23. The number of nitrogen functional groups attached to an aromatic ring is 1. The van der Waals surface area contributed by atoms with Gasteiger partial charge in [0.2, 0.25) is 0 Å². The molecular formula is C12H15N4. The second-order valence-corrected chi connectivity index (χ2v) is 3.94. The van der Waals surface area contributed by atoms with Crippen molar-refractivity contribution in [1.29, 1.82) is 0 Å². The first kappa shape index (κ1) is 10.8. The molecule has 0 saturated carbocycles. The average molecular weight is 215 g/mol. The van der Waals surface area contributed by atoms with Crippen LogP contribution in [0.4, 0.5) is 5.69 Å². The smallest absolute Gasteiger partial charge is 0.145 e. The Kier molecular flexibility index (Phi) is 2.99. The molecule has 83 valence electrons. The summed E-state index contributed by atoms with van der Waals surface area (Å²) in [7, 11) is 0. The third kappa shape index (κ3) is 1.96. The molecule has 0 spiro atoms. The molecule has 0 aliphatic carbocycles. The summed E-state index contributed by atoms with van der Waals surface area (Å²) in [5.41, 5.74) is 7.15. The van der Waals surface area contributed by atoms with Gasteiger partial charge in [-0.2, -0.15) is 5.11 Å². The van der Waals surface area contributed by atoms with Crippen LogP contribution in [0.25, 0.3) is 0 Å². The molecule has 1 radical (unpaired) electrons. The lowest BCUT2D eigenvalue weighted by molar-refractivity contribution is 0.527. The predicted molar refractivity (Wildman–Crippen MR) is 65.1 cm³/mol. The number of hydrogen-bond donors (Lipinski definition) is 1. The fourth-order valence-corrected chi connectivity index (χ4v) is 1.85. The highest BCUT2D eigenvalue weighted by Gasteiger charge is 2.32. The van der Waals surface area contributed by atoms with Gasteiger partial charge in [-0.15, -0.1) is 5.10 Å². The molecule has 0 saturated heterocycles. The Bertz CT molecular complexity index is 411. The van der Waals surface area contributed by atoms with Crippen molar-refractivity contribution >= 4 is 11.9 Å². The lowest BCUT2D eigenvalue weighted by atomic mass is 9.87. The van der Waals surface area contributed by atoms with Crippen LogP contribution in [0.5, 0.6) is 0 Å². The third-order valence-electron chi connectivity index (χ3n) is 2.74. The van der Waals surface area contributed by atoms with E-state index in [1.54, 1.807) is 6.21 Å². The first-order chi connectivity index (χ1) is 7.77. The second kappa shape index (κ2) is 4.43. The number of unbranched alkanes of at least 4 members (excludes halogenated alkanes) is 1. The Hall–Kier alpha value is -1.71. The molecule has 0 bridgehead atoms. The summed E-state index contributed by atoms with van der Waals surface area (Å²) >= 11 is 0. The van der Waals surface area contributed by atoms with Crippen LogP contribution in [0.1, 0.15) is 24.8 Å². The summed E-state index contributed by atoms with van der Waals surface area (Å²) < 4.78 is 0. The molecule has 2 N–H and O–H groups in total. The average Bonchev–Trinajstić information content (AvgIpc) is 2.76. The molecule has 0 aromatic heterocycles. The zero-order valence-electron chi connectivity index (χ0n) is 9.13. The Morgan fingerprint density at radius 2 is 2.25 bits per heavy atom. The van der Waals surface area contributed by atoms with Gasteiger partial charge in [0.25, 0.3) is 0 Å². The number of nitrogens with two attached hydrogens (primary N) is 1. The van der Waals surface area contributed by atoms with Crippen LogP contribution in [0.3, 0.4) is 0 Å². The van der Waals surface area contributed by atoms with Crippen molar-refractivity contribution in [3.8, 4) is 0 Å². The van der Waals surface area contributed by atoms with Crippen molar-refractivity contribution in [2.45, 2.75) is 24.8 Å². The maximum atomic E-state index is 5.78. The number of hydrogen-bond acceptors (Lipinski definition) is 4. The molecule has 1 aromatic rings. The standard InChI is InChI=1S/C12H15N4/c1-2-3-7-12(9-14-16-15-12)10-5-4-6-11(13)8-10/h4-6,8-9H,1-3,7,13H2. The van der Waals surface area contributed by atoms with Crippen molar-refractivity contribution in [2.24, 2.45) is 15.4 Å². The molecule has 1 aromatic carbocycles. The molecule has 4 nitrogen and oxygen atoms in total. The van der Waals surface area contributed by atoms with E-state index in [1.807, 2.05) is 24.3 Å². The number of nitrogens with zero attached hydrogens (tertiary/aromatic N) is 3. The summed E-state index contributed by atoms with van der Waals surface area (Å²) in [4.78, 5) is 0. The first-order valence-electron chi connectivity index (χ1n) is 5.38. The summed E-state index contributed by atoms with van der Waals surface area (Å²) in [5.74, 6) is 0. The predicted octanol–water partition coefficient (Wildman–Crippen LogP) is 2.92. The van der Waals surface area contributed by atoms with Crippen LogP contribution in [-0.4, -0.2) is 6.21 Å². The van der Waals surface area contributed by atoms with E-state index in [0.717, 1.165) is 30.5 Å². The van der Waals surface area contributed by atoms with Crippen LogP contribution in [0.2, 0.25) is 0 Å². The molecule has 1 aliphatic heterocycles. The minimum absolute atomic E-state index is 0.424. The van der Waals surface area contributed by atoms with E-state index < -0.39 is 5.54 Å². The lowest BCUT2D eigenvalue weighted by Gasteiger charge is -2.21. The van der Waals surface area contributed by atoms with Gasteiger partial charge < -0.3 is 5.73 Å². The third-order valence-corrected chi connectivity index (χ3v) is 2.74. The molecule has 16 heavy (non-hydrogen) atoms. The van der Waals surface area contributed by atoms with E-state index in [-0.39, 0.29) is 0 Å². The monoisotopic (exact) mass is 215 g/mol. The highest BCUT2D eigenvalue weighted by atomic mass is 15.4. The van der Waals surface area contributed by atoms with E-state index in [9.17, 15) is 0 Å². The minimum atomic E-state index is -0.424. The van der Waals surface area contributed by atoms with Crippen molar-refractivity contribution in [1.82, 2.24) is 0 Å². The van der Waals surface area contributed by atoms with E-state index in [4.69, 9.17) is 5.73 Å². The van der Waals surface area contributed by atoms with E-state index in [0.29, 0.717) is 0 Å². The summed E-state index contributed by atoms with van der Waals surface area (Å²) in [6, 6.07) is 7.73. The van der Waals surface area contributed by atoms with Gasteiger partial charge >= 0.3 is 0 Å². The number of rotatable bonds is 4. The molecule has 1 aliphatic rings. The fourth-order valence-electron chi connectivity index (χ4n) is 1.85. The largest absolute Gasteiger partial charge is 0.399 e. The van der Waals surface area contributed by atoms with Crippen molar-refractivity contribution in [2.75, 3.05) is 5.73 Å². The Morgan fingerprint density at radius 3 is 2.88 bits per heavy atom. The molecule has 0 fully saturated rings. The van der Waals surface area contributed by atoms with Gasteiger partial charge in [0.15, 0.2) is 0 Å². The Morgan fingerprint density at radius 1 is 1.38 bits per heavy atom. The van der Waals surface area contributed by atoms with E-state index in [1.165, 1.54) is 0 Å². The van der Waals surface area contributed by atoms with Crippen molar-refractivity contribution in [3.63, 3.8) is 0 Å². The SMILES string of the molecule is [CH2]CCCC1(c2cccc(N)c2)C=NN=N1. The molecule has 0 amide bonds. The first-order valence-corrected chi connectivity index (χ1v) is 5.38. The maximum Gasteiger partial charge on any atom is 0.145 e. The number of benzene rings is 1. The van der Waals surface area contributed by atoms with Crippen LogP contribution in [-0.2, 0) is 5.54 Å². The quantitative estimate of drug-likeness (QED) is 0.771. The van der Waals surface area contributed by atoms with Gasteiger partial charge in [0.05, 0.1) is 6.21 Å². The second-order valence-electron chi connectivity index (χ2n) is 3.94. The van der Waals surface area contributed by atoms with Crippen LogP contribution in [0.15, 0.2) is 39.7 Å². The molecular weight excluding hydrogens is 200 g/mol. The van der Waals surface area contributed by atoms with Gasteiger partial charge in [0, 0.05) is 5.69 Å². The van der Waals surface area contributed by atoms with Gasteiger partial charge in [0.1, 0.15) is 5.54 Å². The molecule has 1 unspecified atom stereocenters. The number of anilines is 1. The zero-order valence-corrected chi connectivity index (χ0v) is 9.13. The topological polar surface area (TPSA) is 63.1 Å². The highest BCUT2D eigenvalue weighted by Crippen LogP contribution is 2.33. The van der Waals surface area contributed by atoms with Crippen LogP contribution in [0, 0.1) is 6.92 Å². The zero-order chi connectivity index (χ0) is 11.4.